The fraction of sp³-hybridized carbons (Fsp3) is 0.545. The third kappa shape index (κ3) is 4.30. The van der Waals surface area contributed by atoms with Gasteiger partial charge >= 0.3 is 6.18 Å². The summed E-state index contributed by atoms with van der Waals surface area (Å²) in [4.78, 5) is 10.1. The van der Waals surface area contributed by atoms with Gasteiger partial charge in [0.25, 0.3) is 0 Å². The minimum absolute atomic E-state index is 0.325. The second-order valence-electron chi connectivity index (χ2n) is 8.73. The summed E-state index contributed by atoms with van der Waals surface area (Å²) in [6.07, 6.45) is 1.41. The molecule has 172 valence electrons. The van der Waals surface area contributed by atoms with E-state index in [1.54, 1.807) is 0 Å². The van der Waals surface area contributed by atoms with Crippen LogP contribution in [-0.4, -0.2) is 58.8 Å². The van der Waals surface area contributed by atoms with Crippen molar-refractivity contribution in [2.45, 2.75) is 44.3 Å². The summed E-state index contributed by atoms with van der Waals surface area (Å²) in [7, 11) is 2.12. The molecule has 0 spiro atoms. The Morgan fingerprint density at radius 1 is 1.00 bits per heavy atom. The molecule has 1 aliphatic heterocycles. The summed E-state index contributed by atoms with van der Waals surface area (Å²) in [5.74, 6) is 0.781. The van der Waals surface area contributed by atoms with Crippen molar-refractivity contribution in [3.63, 3.8) is 0 Å². The van der Waals surface area contributed by atoms with Crippen LogP contribution in [0.3, 0.4) is 0 Å². The Morgan fingerprint density at radius 2 is 1.69 bits per heavy atom. The van der Waals surface area contributed by atoms with E-state index in [4.69, 9.17) is 10.1 Å². The molecule has 1 saturated carbocycles. The quantitative estimate of drug-likeness (QED) is 0.591. The summed E-state index contributed by atoms with van der Waals surface area (Å²) in [5.41, 5.74) is 0.669. The van der Waals surface area contributed by atoms with Crippen LogP contribution in [0.25, 0.3) is 16.2 Å². The molecule has 1 aromatic carbocycles. The lowest BCUT2D eigenvalue weighted by Crippen LogP contribution is -2.44. The minimum atomic E-state index is -4.35. The van der Waals surface area contributed by atoms with Crippen LogP contribution in [0, 0.1) is 0 Å². The molecule has 2 aromatic heterocycles. The Bertz CT molecular complexity index is 1060. The van der Waals surface area contributed by atoms with Crippen molar-refractivity contribution < 1.29 is 13.2 Å². The van der Waals surface area contributed by atoms with Crippen molar-refractivity contribution in [1.82, 2.24) is 19.5 Å². The van der Waals surface area contributed by atoms with Crippen LogP contribution in [0.1, 0.15) is 37.7 Å². The van der Waals surface area contributed by atoms with Crippen molar-refractivity contribution in [1.29, 1.82) is 0 Å². The maximum Gasteiger partial charge on any atom is 0.416 e. The number of likely N-dealkylation sites (N-methyl/N-ethyl adjacent to an activating group) is 1. The van der Waals surface area contributed by atoms with Crippen molar-refractivity contribution in [3.05, 3.63) is 29.8 Å². The third-order valence-electron chi connectivity index (χ3n) is 6.40. The summed E-state index contributed by atoms with van der Waals surface area (Å²) in [6.45, 7) is 3.83. The van der Waals surface area contributed by atoms with Gasteiger partial charge in [-0.1, -0.05) is 42.7 Å². The molecule has 6 nitrogen and oxygen atoms in total. The molecule has 3 heterocycles. The maximum atomic E-state index is 13.0. The Labute approximate surface area is 189 Å². The third-order valence-corrected chi connectivity index (χ3v) is 7.37. The second kappa shape index (κ2) is 8.55. The van der Waals surface area contributed by atoms with E-state index in [9.17, 15) is 13.2 Å². The van der Waals surface area contributed by atoms with E-state index in [0.29, 0.717) is 17.3 Å². The Kier molecular flexibility index (Phi) is 5.75. The monoisotopic (exact) mass is 464 g/mol. The fourth-order valence-electron chi connectivity index (χ4n) is 4.45. The van der Waals surface area contributed by atoms with Gasteiger partial charge in [0.15, 0.2) is 5.82 Å². The molecule has 1 saturated heterocycles. The highest BCUT2D eigenvalue weighted by Crippen LogP contribution is 2.37. The first-order chi connectivity index (χ1) is 15.4. The molecular weight excluding hydrogens is 437 g/mol. The first kappa shape index (κ1) is 21.5. The molecule has 2 fully saturated rings. The SMILES string of the molecule is CN1CCN(c2nn3c(NC4CCCCC4)c(-c4ccc(C(F)(F)F)cc4)nc3s2)CC1. The van der Waals surface area contributed by atoms with Crippen LogP contribution in [0.15, 0.2) is 24.3 Å². The maximum absolute atomic E-state index is 13.0. The van der Waals surface area contributed by atoms with E-state index < -0.39 is 11.7 Å². The molecule has 10 heteroatoms. The van der Waals surface area contributed by atoms with E-state index in [0.717, 1.165) is 67.1 Å². The first-order valence-electron chi connectivity index (χ1n) is 11.2. The number of aromatic nitrogens is 3. The standard InChI is InChI=1S/C22H27F3N6S/c1-29-11-13-30(14-12-29)21-28-31-19(26-17-5-3-2-4-6-17)18(27-20(31)32-21)15-7-9-16(10-8-15)22(23,24)25/h7-10,17,26H,2-6,11-14H2,1H3. The number of hydrogen-bond acceptors (Lipinski definition) is 6. The fourth-order valence-corrected chi connectivity index (χ4v) is 5.40. The average Bonchev–Trinajstić information content (AvgIpc) is 3.34. The lowest BCUT2D eigenvalue weighted by molar-refractivity contribution is -0.137. The van der Waals surface area contributed by atoms with Gasteiger partial charge in [-0.3, -0.25) is 0 Å². The molecule has 5 rings (SSSR count). The normalized spacial score (nSPS) is 19.1. The summed E-state index contributed by atoms with van der Waals surface area (Å²) < 4.78 is 40.9. The molecule has 0 radical (unpaired) electrons. The van der Waals surface area contributed by atoms with E-state index in [2.05, 4.69) is 22.2 Å². The van der Waals surface area contributed by atoms with Crippen molar-refractivity contribution in [2.75, 3.05) is 43.4 Å². The minimum Gasteiger partial charge on any atom is -0.365 e. The number of fused-ring (bicyclic) bond motifs is 1. The molecule has 1 N–H and O–H groups in total. The largest absolute Gasteiger partial charge is 0.416 e. The van der Waals surface area contributed by atoms with Crippen LogP contribution >= 0.6 is 11.3 Å². The Hall–Kier alpha value is -2.33. The zero-order chi connectivity index (χ0) is 22.3. The van der Waals surface area contributed by atoms with Crippen LogP contribution < -0.4 is 10.2 Å². The highest BCUT2D eigenvalue weighted by Gasteiger charge is 2.31. The van der Waals surface area contributed by atoms with E-state index >= 15 is 0 Å². The lowest BCUT2D eigenvalue weighted by Gasteiger charge is -2.31. The lowest BCUT2D eigenvalue weighted by atomic mass is 9.95. The average molecular weight is 465 g/mol. The predicted molar refractivity (Wildman–Crippen MR) is 122 cm³/mol. The molecule has 3 aromatic rings. The molecule has 0 unspecified atom stereocenters. The molecular formula is C22H27F3N6S. The zero-order valence-electron chi connectivity index (χ0n) is 18.0. The van der Waals surface area contributed by atoms with Crippen molar-refractivity contribution in [3.8, 4) is 11.3 Å². The van der Waals surface area contributed by atoms with Crippen molar-refractivity contribution in [2.24, 2.45) is 0 Å². The van der Waals surface area contributed by atoms with E-state index in [1.807, 2.05) is 4.52 Å². The zero-order valence-corrected chi connectivity index (χ0v) is 18.8. The second-order valence-corrected chi connectivity index (χ2v) is 9.67. The smallest absolute Gasteiger partial charge is 0.365 e. The van der Waals surface area contributed by atoms with E-state index in [-0.39, 0.29) is 0 Å². The summed E-state index contributed by atoms with van der Waals surface area (Å²) in [6, 6.07) is 5.57. The topological polar surface area (TPSA) is 48.7 Å². The number of piperazine rings is 1. The highest BCUT2D eigenvalue weighted by atomic mass is 32.1. The number of alkyl halides is 3. The van der Waals surface area contributed by atoms with Gasteiger partial charge in [0, 0.05) is 37.8 Å². The van der Waals surface area contributed by atoms with Crippen LogP contribution in [-0.2, 0) is 6.18 Å². The number of nitrogens with zero attached hydrogens (tertiary/aromatic N) is 5. The molecule has 0 bridgehead atoms. The highest BCUT2D eigenvalue weighted by molar-refractivity contribution is 7.20. The number of rotatable bonds is 4. The van der Waals surface area contributed by atoms with Gasteiger partial charge in [-0.05, 0) is 32.0 Å². The van der Waals surface area contributed by atoms with Gasteiger partial charge in [0.05, 0.1) is 5.56 Å². The van der Waals surface area contributed by atoms with Crippen LogP contribution in [0.4, 0.5) is 24.1 Å². The number of halogens is 3. The van der Waals surface area contributed by atoms with Crippen LogP contribution in [0.2, 0.25) is 0 Å². The molecule has 0 atom stereocenters. The molecule has 32 heavy (non-hydrogen) atoms. The van der Waals surface area contributed by atoms with Gasteiger partial charge in [0.2, 0.25) is 10.1 Å². The number of nitrogens with one attached hydrogen (secondary N) is 1. The number of imidazole rings is 1. The van der Waals surface area contributed by atoms with Crippen LogP contribution in [0.5, 0.6) is 0 Å². The van der Waals surface area contributed by atoms with Gasteiger partial charge in [0.1, 0.15) is 5.69 Å². The van der Waals surface area contributed by atoms with Crippen molar-refractivity contribution >= 4 is 27.2 Å². The molecule has 2 aliphatic rings. The van der Waals surface area contributed by atoms with Gasteiger partial charge in [-0.2, -0.15) is 17.7 Å². The predicted octanol–water partition coefficient (Wildman–Crippen LogP) is 4.97. The summed E-state index contributed by atoms with van der Waals surface area (Å²) >= 11 is 1.53. The molecule has 1 aliphatic carbocycles. The van der Waals surface area contributed by atoms with Gasteiger partial charge < -0.3 is 15.1 Å². The summed E-state index contributed by atoms with van der Waals surface area (Å²) in [5, 5.41) is 9.44. The number of hydrogen-bond donors (Lipinski definition) is 1. The Balaban J connectivity index is 1.51. The number of benzene rings is 1. The molecule has 0 amide bonds. The van der Waals surface area contributed by atoms with Gasteiger partial charge in [-0.25, -0.2) is 4.98 Å². The van der Waals surface area contributed by atoms with Gasteiger partial charge in [-0.15, -0.1) is 5.10 Å². The first-order valence-corrected chi connectivity index (χ1v) is 12.0. The number of anilines is 2. The Morgan fingerprint density at radius 3 is 2.34 bits per heavy atom. The van der Waals surface area contributed by atoms with E-state index in [1.165, 1.54) is 42.7 Å².